The van der Waals surface area contributed by atoms with Gasteiger partial charge in [-0.2, -0.15) is 0 Å². The van der Waals surface area contributed by atoms with Crippen LogP contribution in [0.4, 0.5) is 4.39 Å². The number of nitrogens with zero attached hydrogens (tertiary/aromatic N) is 3. The Balaban J connectivity index is 1.67. The first-order valence-electron chi connectivity index (χ1n) is 7.13. The van der Waals surface area contributed by atoms with Gasteiger partial charge in [-0.25, -0.2) is 4.39 Å². The Bertz CT molecular complexity index is 651. The molecule has 22 heavy (non-hydrogen) atoms. The fourth-order valence-electron chi connectivity index (χ4n) is 2.45. The Labute approximate surface area is 127 Å². The summed E-state index contributed by atoms with van der Waals surface area (Å²) in [6.07, 6.45) is 4.59. The summed E-state index contributed by atoms with van der Waals surface area (Å²) in [5, 5.41) is 0. The van der Waals surface area contributed by atoms with Crippen molar-refractivity contribution < 1.29 is 13.9 Å². The summed E-state index contributed by atoms with van der Waals surface area (Å²) in [5.74, 6) is -0.461. The van der Waals surface area contributed by atoms with E-state index in [0.717, 1.165) is 0 Å². The lowest BCUT2D eigenvalue weighted by Crippen LogP contribution is -2.43. The van der Waals surface area contributed by atoms with E-state index in [2.05, 4.69) is 9.97 Å². The van der Waals surface area contributed by atoms with Gasteiger partial charge in [0, 0.05) is 18.9 Å². The van der Waals surface area contributed by atoms with Gasteiger partial charge in [-0.15, -0.1) is 0 Å². The molecule has 0 unspecified atom stereocenters. The Morgan fingerprint density at radius 2 is 2.23 bits per heavy atom. The zero-order valence-electron chi connectivity index (χ0n) is 12.0. The molecule has 1 aromatic carbocycles. The van der Waals surface area contributed by atoms with Gasteiger partial charge in [-0.1, -0.05) is 18.2 Å². The lowest BCUT2D eigenvalue weighted by atomic mass is 10.1. The molecule has 5 nitrogen and oxygen atoms in total. The fraction of sp³-hybridized carbons (Fsp3) is 0.312. The molecule has 1 amide bonds. The van der Waals surface area contributed by atoms with Gasteiger partial charge in [-0.05, 0) is 11.6 Å². The molecular weight excluding hydrogens is 285 g/mol. The van der Waals surface area contributed by atoms with E-state index < -0.39 is 0 Å². The van der Waals surface area contributed by atoms with Crippen molar-refractivity contribution in [2.75, 3.05) is 19.7 Å². The first-order valence-corrected chi connectivity index (χ1v) is 7.13. The van der Waals surface area contributed by atoms with Crippen LogP contribution in [0, 0.1) is 5.82 Å². The first-order chi connectivity index (χ1) is 10.7. The number of aromatic nitrogens is 2. The molecule has 1 fully saturated rings. The van der Waals surface area contributed by atoms with Crippen molar-refractivity contribution in [2.24, 2.45) is 0 Å². The largest absolute Gasteiger partial charge is 0.368 e. The number of hydrogen-bond acceptors (Lipinski definition) is 4. The quantitative estimate of drug-likeness (QED) is 0.867. The number of benzene rings is 1. The predicted octanol–water partition coefficient (Wildman–Crippen LogP) is 1.76. The molecule has 2 aromatic rings. The van der Waals surface area contributed by atoms with Gasteiger partial charge in [0.1, 0.15) is 11.9 Å². The third-order valence-corrected chi connectivity index (χ3v) is 3.63. The number of hydrogen-bond donors (Lipinski definition) is 0. The van der Waals surface area contributed by atoms with Crippen molar-refractivity contribution in [3.05, 3.63) is 59.9 Å². The molecule has 0 saturated carbocycles. The van der Waals surface area contributed by atoms with Gasteiger partial charge in [0.25, 0.3) is 0 Å². The number of carbonyl (C=O) groups excluding carboxylic acids is 1. The SMILES string of the molecule is O=C(Cc1ccccc1F)N1CCO[C@@H](c2cnccn2)C1. The summed E-state index contributed by atoms with van der Waals surface area (Å²) < 4.78 is 19.3. The third kappa shape index (κ3) is 3.28. The standard InChI is InChI=1S/C16H16FN3O2/c17-13-4-2-1-3-12(13)9-16(21)20-7-8-22-15(11-20)14-10-18-5-6-19-14/h1-6,10,15H,7-9,11H2/t15-/m1/s1. The van der Waals surface area contributed by atoms with Crippen molar-refractivity contribution in [1.29, 1.82) is 0 Å². The number of amides is 1. The molecule has 6 heteroatoms. The molecule has 1 aromatic heterocycles. The van der Waals surface area contributed by atoms with E-state index in [-0.39, 0.29) is 24.2 Å². The van der Waals surface area contributed by atoms with Gasteiger partial charge in [0.2, 0.25) is 5.91 Å². The summed E-state index contributed by atoms with van der Waals surface area (Å²) in [4.78, 5) is 22.3. The van der Waals surface area contributed by atoms with Crippen LogP contribution in [0.25, 0.3) is 0 Å². The van der Waals surface area contributed by atoms with Crippen molar-refractivity contribution in [3.63, 3.8) is 0 Å². The predicted molar refractivity (Wildman–Crippen MR) is 77.4 cm³/mol. The summed E-state index contributed by atoms with van der Waals surface area (Å²) in [6, 6.07) is 6.34. The van der Waals surface area contributed by atoms with Crippen molar-refractivity contribution in [2.45, 2.75) is 12.5 Å². The maximum absolute atomic E-state index is 13.6. The van der Waals surface area contributed by atoms with Crippen molar-refractivity contribution in [1.82, 2.24) is 14.9 Å². The summed E-state index contributed by atoms with van der Waals surface area (Å²) in [6.45, 7) is 1.35. The van der Waals surface area contributed by atoms with Crippen LogP contribution in [0.5, 0.6) is 0 Å². The molecule has 3 rings (SSSR count). The van der Waals surface area contributed by atoms with Crippen molar-refractivity contribution in [3.8, 4) is 0 Å². The third-order valence-electron chi connectivity index (χ3n) is 3.63. The van der Waals surface area contributed by atoms with Crippen LogP contribution < -0.4 is 0 Å². The summed E-state index contributed by atoms with van der Waals surface area (Å²) in [5.41, 5.74) is 1.11. The number of halogens is 1. The lowest BCUT2D eigenvalue weighted by molar-refractivity contribution is -0.138. The highest BCUT2D eigenvalue weighted by Gasteiger charge is 2.26. The molecule has 114 valence electrons. The Kier molecular flexibility index (Phi) is 4.39. The van der Waals surface area contributed by atoms with E-state index >= 15 is 0 Å². The first kappa shape index (κ1) is 14.6. The van der Waals surface area contributed by atoms with Gasteiger partial charge >= 0.3 is 0 Å². The molecule has 1 atom stereocenters. The van der Waals surface area contributed by atoms with E-state index in [1.54, 1.807) is 41.7 Å². The van der Waals surface area contributed by atoms with Crippen LogP contribution >= 0.6 is 0 Å². The number of rotatable bonds is 3. The summed E-state index contributed by atoms with van der Waals surface area (Å²) in [7, 11) is 0. The smallest absolute Gasteiger partial charge is 0.227 e. The number of carbonyl (C=O) groups is 1. The lowest BCUT2D eigenvalue weighted by Gasteiger charge is -2.32. The van der Waals surface area contributed by atoms with Crippen LogP contribution in [-0.4, -0.2) is 40.5 Å². The van der Waals surface area contributed by atoms with E-state index in [1.165, 1.54) is 6.07 Å². The molecule has 2 heterocycles. The van der Waals surface area contributed by atoms with E-state index in [1.807, 2.05) is 0 Å². The topological polar surface area (TPSA) is 55.3 Å². The highest BCUT2D eigenvalue weighted by atomic mass is 19.1. The minimum atomic E-state index is -0.352. The number of ether oxygens (including phenoxy) is 1. The van der Waals surface area contributed by atoms with Gasteiger partial charge in [0.15, 0.2) is 0 Å². The minimum absolute atomic E-state index is 0.0554. The second-order valence-electron chi connectivity index (χ2n) is 5.10. The van der Waals surface area contributed by atoms with Crippen molar-refractivity contribution >= 4 is 5.91 Å². The van der Waals surface area contributed by atoms with Gasteiger partial charge in [0.05, 0.1) is 31.5 Å². The molecule has 0 spiro atoms. The normalized spacial score (nSPS) is 18.2. The molecule has 1 aliphatic rings. The minimum Gasteiger partial charge on any atom is -0.368 e. The molecule has 0 radical (unpaired) electrons. The maximum atomic E-state index is 13.6. The Hall–Kier alpha value is -2.34. The van der Waals surface area contributed by atoms with Crippen LogP contribution in [0.2, 0.25) is 0 Å². The molecule has 1 saturated heterocycles. The van der Waals surface area contributed by atoms with E-state index in [9.17, 15) is 9.18 Å². The van der Waals surface area contributed by atoms with Gasteiger partial charge < -0.3 is 9.64 Å². The second-order valence-corrected chi connectivity index (χ2v) is 5.10. The fourth-order valence-corrected chi connectivity index (χ4v) is 2.45. The molecule has 0 N–H and O–H groups in total. The van der Waals surface area contributed by atoms with Crippen LogP contribution in [0.1, 0.15) is 17.4 Å². The van der Waals surface area contributed by atoms with E-state index in [4.69, 9.17) is 4.74 Å². The number of morpholine rings is 1. The summed E-state index contributed by atoms with van der Waals surface area (Å²) >= 11 is 0. The average molecular weight is 301 g/mol. The van der Waals surface area contributed by atoms with Gasteiger partial charge in [-0.3, -0.25) is 14.8 Å². The molecule has 1 aliphatic heterocycles. The zero-order chi connectivity index (χ0) is 15.4. The molecule has 0 aliphatic carbocycles. The van der Waals surface area contributed by atoms with Crippen LogP contribution in [-0.2, 0) is 16.0 Å². The highest BCUT2D eigenvalue weighted by Crippen LogP contribution is 2.20. The van der Waals surface area contributed by atoms with Crippen LogP contribution in [0.15, 0.2) is 42.9 Å². The highest BCUT2D eigenvalue weighted by molar-refractivity contribution is 5.79. The molecule has 0 bridgehead atoms. The maximum Gasteiger partial charge on any atom is 0.227 e. The average Bonchev–Trinajstić information content (AvgIpc) is 2.58. The van der Waals surface area contributed by atoms with Crippen LogP contribution in [0.3, 0.4) is 0 Å². The monoisotopic (exact) mass is 301 g/mol. The molecular formula is C16H16FN3O2. The Morgan fingerprint density at radius 1 is 1.36 bits per heavy atom. The Morgan fingerprint density at radius 3 is 3.00 bits per heavy atom. The zero-order valence-corrected chi connectivity index (χ0v) is 12.0. The second kappa shape index (κ2) is 6.62. The van der Waals surface area contributed by atoms with E-state index in [0.29, 0.717) is 31.0 Å².